The molecule has 0 spiro atoms. The fourth-order valence-electron chi connectivity index (χ4n) is 2.67. The molecule has 3 aromatic rings. The summed E-state index contributed by atoms with van der Waals surface area (Å²) in [7, 11) is -0.779. The highest BCUT2D eigenvalue weighted by Crippen LogP contribution is 2.19. The Hall–Kier alpha value is -3.23. The second-order valence-electron chi connectivity index (χ2n) is 6.72. The predicted octanol–water partition coefficient (Wildman–Crippen LogP) is 3.91. The molecule has 0 unspecified atom stereocenters. The van der Waals surface area contributed by atoms with Crippen molar-refractivity contribution in [1.82, 2.24) is 4.31 Å². The fraction of sp³-hybridized carbons (Fsp3) is 0.136. The molecule has 0 atom stereocenters. The number of rotatable bonds is 7. The molecule has 156 valence electrons. The van der Waals surface area contributed by atoms with Crippen LogP contribution in [-0.4, -0.2) is 32.7 Å². The number of carbonyl (C=O) groups is 1. The lowest BCUT2D eigenvalue weighted by Crippen LogP contribution is -2.22. The average Bonchev–Trinajstić information content (AvgIpc) is 2.72. The van der Waals surface area contributed by atoms with Gasteiger partial charge in [-0.15, -0.1) is 0 Å². The summed E-state index contributed by atoms with van der Waals surface area (Å²) in [6, 6.07) is 18.7. The largest absolute Gasteiger partial charge is 0.489 e. The monoisotopic (exact) mass is 428 g/mol. The van der Waals surface area contributed by atoms with Gasteiger partial charge in [-0.3, -0.25) is 4.79 Å². The molecule has 0 heterocycles. The number of sulfonamides is 1. The molecule has 3 aromatic carbocycles. The quantitative estimate of drug-likeness (QED) is 0.619. The van der Waals surface area contributed by atoms with Gasteiger partial charge < -0.3 is 10.1 Å². The minimum Gasteiger partial charge on any atom is -0.489 e. The summed E-state index contributed by atoms with van der Waals surface area (Å²) in [5.41, 5.74) is 1.53. The molecule has 30 heavy (non-hydrogen) atoms. The van der Waals surface area contributed by atoms with Gasteiger partial charge in [-0.1, -0.05) is 24.3 Å². The number of benzene rings is 3. The Morgan fingerprint density at radius 2 is 1.73 bits per heavy atom. The summed E-state index contributed by atoms with van der Waals surface area (Å²) in [6.45, 7) is 0.198. The van der Waals surface area contributed by atoms with E-state index in [1.54, 1.807) is 36.4 Å². The van der Waals surface area contributed by atoms with E-state index in [0.29, 0.717) is 11.4 Å². The normalized spacial score (nSPS) is 11.3. The molecule has 1 amide bonds. The van der Waals surface area contributed by atoms with E-state index >= 15 is 0 Å². The summed E-state index contributed by atoms with van der Waals surface area (Å²) >= 11 is 0. The minimum atomic E-state index is -3.64. The third-order valence-electron chi connectivity index (χ3n) is 4.26. The summed E-state index contributed by atoms with van der Waals surface area (Å²) in [5.74, 6) is -0.413. The van der Waals surface area contributed by atoms with E-state index in [2.05, 4.69) is 5.32 Å². The predicted molar refractivity (Wildman–Crippen MR) is 112 cm³/mol. The number of hydrogen-bond donors (Lipinski definition) is 1. The van der Waals surface area contributed by atoms with Crippen molar-refractivity contribution in [3.63, 3.8) is 0 Å². The first kappa shape index (κ1) is 21.5. The molecule has 0 saturated carbocycles. The summed E-state index contributed by atoms with van der Waals surface area (Å²) in [5, 5.41) is 2.75. The summed E-state index contributed by atoms with van der Waals surface area (Å²) in [6.07, 6.45) is 0. The van der Waals surface area contributed by atoms with Crippen molar-refractivity contribution >= 4 is 21.6 Å². The number of amides is 1. The van der Waals surface area contributed by atoms with Crippen LogP contribution in [0.15, 0.2) is 77.7 Å². The third-order valence-corrected chi connectivity index (χ3v) is 6.07. The summed E-state index contributed by atoms with van der Waals surface area (Å²) in [4.78, 5) is 12.6. The van der Waals surface area contributed by atoms with Crippen molar-refractivity contribution in [3.05, 3.63) is 89.7 Å². The van der Waals surface area contributed by atoms with Crippen LogP contribution in [0.3, 0.4) is 0 Å². The Morgan fingerprint density at radius 3 is 2.47 bits per heavy atom. The van der Waals surface area contributed by atoms with E-state index in [-0.39, 0.29) is 22.9 Å². The van der Waals surface area contributed by atoms with Crippen LogP contribution in [0.2, 0.25) is 0 Å². The van der Waals surface area contributed by atoms with Crippen molar-refractivity contribution in [3.8, 4) is 5.75 Å². The molecule has 0 aliphatic heterocycles. The highest BCUT2D eigenvalue weighted by Gasteiger charge is 2.18. The van der Waals surface area contributed by atoms with Crippen LogP contribution in [0.1, 0.15) is 15.9 Å². The molecule has 8 heteroatoms. The number of nitrogens with zero attached hydrogens (tertiary/aromatic N) is 1. The van der Waals surface area contributed by atoms with Crippen LogP contribution in [0.4, 0.5) is 10.1 Å². The van der Waals surface area contributed by atoms with Gasteiger partial charge in [0.05, 0.1) is 4.90 Å². The molecule has 6 nitrogen and oxygen atoms in total. The van der Waals surface area contributed by atoms with Gasteiger partial charge in [0.1, 0.15) is 18.2 Å². The Morgan fingerprint density at radius 1 is 1.00 bits per heavy atom. The third kappa shape index (κ3) is 5.22. The lowest BCUT2D eigenvalue weighted by molar-refractivity contribution is 0.102. The first-order chi connectivity index (χ1) is 14.3. The number of carbonyl (C=O) groups excluding carboxylic acids is 1. The van der Waals surface area contributed by atoms with Crippen molar-refractivity contribution in [2.45, 2.75) is 11.5 Å². The molecular weight excluding hydrogens is 407 g/mol. The van der Waals surface area contributed by atoms with Crippen LogP contribution < -0.4 is 10.1 Å². The zero-order valence-electron chi connectivity index (χ0n) is 16.5. The second-order valence-corrected chi connectivity index (χ2v) is 8.87. The van der Waals surface area contributed by atoms with E-state index in [1.807, 2.05) is 6.07 Å². The zero-order chi connectivity index (χ0) is 21.7. The second kappa shape index (κ2) is 9.06. The van der Waals surface area contributed by atoms with Gasteiger partial charge in [-0.05, 0) is 48.0 Å². The number of hydrogen-bond acceptors (Lipinski definition) is 4. The molecule has 0 saturated heterocycles. The maximum atomic E-state index is 13.2. The molecule has 0 aliphatic carbocycles. The highest BCUT2D eigenvalue weighted by molar-refractivity contribution is 7.89. The number of halogens is 1. The maximum Gasteiger partial charge on any atom is 0.255 e. The molecule has 3 rings (SSSR count). The van der Waals surface area contributed by atoms with Gasteiger partial charge in [0.2, 0.25) is 10.0 Å². The Bertz CT molecular complexity index is 1160. The average molecular weight is 428 g/mol. The van der Waals surface area contributed by atoms with Gasteiger partial charge in [0, 0.05) is 31.4 Å². The van der Waals surface area contributed by atoms with Crippen molar-refractivity contribution in [2.24, 2.45) is 0 Å². The van der Waals surface area contributed by atoms with Crippen LogP contribution >= 0.6 is 0 Å². The molecule has 0 aromatic heterocycles. The Balaban J connectivity index is 1.71. The van der Waals surface area contributed by atoms with Gasteiger partial charge in [0.15, 0.2) is 0 Å². The molecule has 1 N–H and O–H groups in total. The lowest BCUT2D eigenvalue weighted by atomic mass is 10.2. The summed E-state index contributed by atoms with van der Waals surface area (Å²) < 4.78 is 44.5. The standard InChI is InChI=1S/C22H21FN2O4S/c1-25(2)30(27,28)21-11-4-7-17(13-21)22(26)24-19-9-3-6-16(12-19)15-29-20-10-5-8-18(23)14-20/h3-14H,15H2,1-2H3,(H,24,26). The van der Waals surface area contributed by atoms with Crippen LogP contribution in [0.5, 0.6) is 5.75 Å². The van der Waals surface area contributed by atoms with Gasteiger partial charge in [-0.2, -0.15) is 0 Å². The van der Waals surface area contributed by atoms with E-state index in [0.717, 1.165) is 9.87 Å². The van der Waals surface area contributed by atoms with E-state index < -0.39 is 15.9 Å². The fourth-order valence-corrected chi connectivity index (χ4v) is 3.62. The van der Waals surface area contributed by atoms with Gasteiger partial charge in [0.25, 0.3) is 5.91 Å². The molecule has 0 bridgehead atoms. The van der Waals surface area contributed by atoms with Crippen LogP contribution in [-0.2, 0) is 16.6 Å². The molecule has 0 fully saturated rings. The van der Waals surface area contributed by atoms with Crippen molar-refractivity contribution < 1.29 is 22.3 Å². The zero-order valence-corrected chi connectivity index (χ0v) is 17.3. The molecule has 0 radical (unpaired) electrons. The van der Waals surface area contributed by atoms with Crippen LogP contribution in [0.25, 0.3) is 0 Å². The smallest absolute Gasteiger partial charge is 0.255 e. The maximum absolute atomic E-state index is 13.2. The van der Waals surface area contributed by atoms with E-state index in [9.17, 15) is 17.6 Å². The van der Waals surface area contributed by atoms with Crippen molar-refractivity contribution in [1.29, 1.82) is 0 Å². The molecule has 0 aliphatic rings. The van der Waals surface area contributed by atoms with E-state index in [4.69, 9.17) is 4.74 Å². The minimum absolute atomic E-state index is 0.0393. The number of ether oxygens (including phenoxy) is 1. The van der Waals surface area contributed by atoms with Gasteiger partial charge >= 0.3 is 0 Å². The lowest BCUT2D eigenvalue weighted by Gasteiger charge is -2.12. The first-order valence-electron chi connectivity index (χ1n) is 9.07. The molecular formula is C22H21FN2O4S. The SMILES string of the molecule is CN(C)S(=O)(=O)c1cccc(C(=O)Nc2cccc(COc3cccc(F)c3)c2)c1. The number of anilines is 1. The van der Waals surface area contributed by atoms with Gasteiger partial charge in [-0.25, -0.2) is 17.1 Å². The van der Waals surface area contributed by atoms with Crippen LogP contribution in [0, 0.1) is 5.82 Å². The number of nitrogens with one attached hydrogen (secondary N) is 1. The van der Waals surface area contributed by atoms with Crippen molar-refractivity contribution in [2.75, 3.05) is 19.4 Å². The first-order valence-corrected chi connectivity index (χ1v) is 10.5. The highest BCUT2D eigenvalue weighted by atomic mass is 32.2. The van der Waals surface area contributed by atoms with E-state index in [1.165, 1.54) is 44.4 Å². The topological polar surface area (TPSA) is 75.7 Å². The Labute approximate surface area is 175 Å². The Kier molecular flexibility index (Phi) is 6.49.